The molecular formula is C13H15N3O2S. The maximum atomic E-state index is 11.5. The molecular weight excluding hydrogens is 262 g/mol. The minimum Gasteiger partial charge on any atom is -0.348 e. The van der Waals surface area contributed by atoms with E-state index in [-0.39, 0.29) is 0 Å². The van der Waals surface area contributed by atoms with Crippen LogP contribution in [0.15, 0.2) is 29.2 Å². The number of carbonyl (C=O) groups excluding carboxylic acids is 2. The highest BCUT2D eigenvalue weighted by atomic mass is 32.2. The van der Waals surface area contributed by atoms with Crippen LogP contribution in [0.1, 0.15) is 19.8 Å². The summed E-state index contributed by atoms with van der Waals surface area (Å²) in [5.41, 5.74) is 0.526. The van der Waals surface area contributed by atoms with Crippen LogP contribution >= 0.6 is 11.8 Å². The smallest absolute Gasteiger partial charge is 0.313 e. The summed E-state index contributed by atoms with van der Waals surface area (Å²) >= 11 is 1.04. The number of thiocyanates is 1. The standard InChI is InChI=1S/C13H15N3O2S/c1-2-3-8-15-12(17)13(18)16-10-4-6-11(7-5-10)19-9-14/h4-7H,2-3,8H2,1H3,(H,15,17)(H,16,18). The van der Waals surface area contributed by atoms with Crippen molar-refractivity contribution in [2.45, 2.75) is 24.7 Å². The van der Waals surface area contributed by atoms with Gasteiger partial charge >= 0.3 is 11.8 Å². The Labute approximate surface area is 116 Å². The molecule has 0 unspecified atom stereocenters. The van der Waals surface area contributed by atoms with E-state index in [1.165, 1.54) is 0 Å². The molecule has 0 bridgehead atoms. The summed E-state index contributed by atoms with van der Waals surface area (Å²) in [5, 5.41) is 15.5. The van der Waals surface area contributed by atoms with Crippen molar-refractivity contribution >= 4 is 29.3 Å². The lowest BCUT2D eigenvalue weighted by Gasteiger charge is -2.06. The number of thioether (sulfide) groups is 1. The molecule has 0 aliphatic rings. The second kappa shape index (κ2) is 8.16. The summed E-state index contributed by atoms with van der Waals surface area (Å²) in [6, 6.07) is 6.71. The molecule has 0 aliphatic carbocycles. The number of amides is 2. The monoisotopic (exact) mass is 277 g/mol. The highest BCUT2D eigenvalue weighted by molar-refractivity contribution is 8.03. The first-order valence-electron chi connectivity index (χ1n) is 5.92. The third-order valence-corrected chi connectivity index (χ3v) is 2.90. The Morgan fingerprint density at radius 2 is 1.95 bits per heavy atom. The fourth-order valence-corrected chi connectivity index (χ4v) is 1.68. The second-order valence-corrected chi connectivity index (χ2v) is 4.64. The normalized spacial score (nSPS) is 9.47. The van der Waals surface area contributed by atoms with Gasteiger partial charge in [0.1, 0.15) is 5.40 Å². The van der Waals surface area contributed by atoms with Gasteiger partial charge in [-0.2, -0.15) is 5.26 Å². The molecule has 100 valence electrons. The third-order valence-electron chi connectivity index (χ3n) is 2.30. The number of nitrogens with zero attached hydrogens (tertiary/aromatic N) is 1. The lowest BCUT2D eigenvalue weighted by molar-refractivity contribution is -0.136. The van der Waals surface area contributed by atoms with Gasteiger partial charge in [-0.1, -0.05) is 13.3 Å². The van der Waals surface area contributed by atoms with E-state index < -0.39 is 11.8 Å². The van der Waals surface area contributed by atoms with Gasteiger partial charge in [-0.25, -0.2) is 0 Å². The van der Waals surface area contributed by atoms with E-state index in [0.29, 0.717) is 12.2 Å². The molecule has 1 rings (SSSR count). The Hall–Kier alpha value is -2.00. The Morgan fingerprint density at radius 1 is 1.26 bits per heavy atom. The van der Waals surface area contributed by atoms with Crippen molar-refractivity contribution < 1.29 is 9.59 Å². The summed E-state index contributed by atoms with van der Waals surface area (Å²) < 4.78 is 0. The van der Waals surface area contributed by atoms with Crippen LogP contribution in [0.3, 0.4) is 0 Å². The number of rotatable bonds is 5. The maximum absolute atomic E-state index is 11.5. The van der Waals surface area contributed by atoms with E-state index in [1.54, 1.807) is 24.3 Å². The largest absolute Gasteiger partial charge is 0.348 e. The lowest BCUT2D eigenvalue weighted by Crippen LogP contribution is -2.35. The van der Waals surface area contributed by atoms with Crippen LogP contribution in [0.2, 0.25) is 0 Å². The van der Waals surface area contributed by atoms with E-state index in [1.807, 2.05) is 12.3 Å². The zero-order chi connectivity index (χ0) is 14.1. The van der Waals surface area contributed by atoms with Gasteiger partial charge in [-0.05, 0) is 42.4 Å². The van der Waals surface area contributed by atoms with E-state index in [2.05, 4.69) is 10.6 Å². The molecule has 0 saturated heterocycles. The number of nitrogens with one attached hydrogen (secondary N) is 2. The molecule has 0 heterocycles. The molecule has 2 N–H and O–H groups in total. The Bertz CT molecular complexity index is 480. The highest BCUT2D eigenvalue weighted by Crippen LogP contribution is 2.18. The molecule has 0 fully saturated rings. The first-order valence-corrected chi connectivity index (χ1v) is 6.74. The van der Waals surface area contributed by atoms with Crippen molar-refractivity contribution in [3.05, 3.63) is 24.3 Å². The van der Waals surface area contributed by atoms with Crippen LogP contribution in [0.4, 0.5) is 5.69 Å². The number of unbranched alkanes of at least 4 members (excludes halogenated alkanes) is 1. The predicted molar refractivity (Wildman–Crippen MR) is 74.5 cm³/mol. The Balaban J connectivity index is 2.47. The number of benzene rings is 1. The number of anilines is 1. The molecule has 2 amide bonds. The fourth-order valence-electron chi connectivity index (χ4n) is 1.31. The van der Waals surface area contributed by atoms with Gasteiger partial charge in [-0.3, -0.25) is 9.59 Å². The van der Waals surface area contributed by atoms with E-state index >= 15 is 0 Å². The van der Waals surface area contributed by atoms with Crippen LogP contribution in [-0.4, -0.2) is 18.4 Å². The van der Waals surface area contributed by atoms with E-state index in [9.17, 15) is 9.59 Å². The van der Waals surface area contributed by atoms with Gasteiger partial charge < -0.3 is 10.6 Å². The SMILES string of the molecule is CCCCNC(=O)C(=O)Nc1ccc(SC#N)cc1. The summed E-state index contributed by atoms with van der Waals surface area (Å²) in [7, 11) is 0. The molecule has 1 aromatic carbocycles. The fraction of sp³-hybridized carbons (Fsp3) is 0.308. The molecule has 5 nitrogen and oxygen atoms in total. The molecule has 1 aromatic rings. The van der Waals surface area contributed by atoms with Gasteiger partial charge in [0.25, 0.3) is 0 Å². The first kappa shape index (κ1) is 15.1. The Morgan fingerprint density at radius 3 is 2.53 bits per heavy atom. The number of hydrogen-bond donors (Lipinski definition) is 2. The van der Waals surface area contributed by atoms with Gasteiger partial charge in [0.15, 0.2) is 0 Å². The quantitative estimate of drug-likeness (QED) is 0.374. The summed E-state index contributed by atoms with van der Waals surface area (Å²) in [4.78, 5) is 23.7. The summed E-state index contributed by atoms with van der Waals surface area (Å²) in [5.74, 6) is -1.32. The van der Waals surface area contributed by atoms with Crippen LogP contribution in [0.25, 0.3) is 0 Å². The zero-order valence-electron chi connectivity index (χ0n) is 10.6. The highest BCUT2D eigenvalue weighted by Gasteiger charge is 2.12. The molecule has 0 atom stereocenters. The number of carbonyl (C=O) groups is 2. The van der Waals surface area contributed by atoms with E-state index in [0.717, 1.165) is 29.5 Å². The molecule has 19 heavy (non-hydrogen) atoms. The lowest BCUT2D eigenvalue weighted by atomic mass is 10.3. The number of nitriles is 1. The van der Waals surface area contributed by atoms with Crippen LogP contribution in [0.5, 0.6) is 0 Å². The zero-order valence-corrected chi connectivity index (χ0v) is 11.4. The minimum absolute atomic E-state index is 0.500. The topological polar surface area (TPSA) is 82.0 Å². The van der Waals surface area contributed by atoms with Gasteiger partial charge in [0.2, 0.25) is 0 Å². The van der Waals surface area contributed by atoms with Crippen molar-refractivity contribution in [3.63, 3.8) is 0 Å². The third kappa shape index (κ3) is 5.44. The van der Waals surface area contributed by atoms with Crippen molar-refractivity contribution in [1.82, 2.24) is 5.32 Å². The summed E-state index contributed by atoms with van der Waals surface area (Å²) in [6.07, 6.45) is 1.80. The van der Waals surface area contributed by atoms with Crippen LogP contribution in [-0.2, 0) is 9.59 Å². The van der Waals surface area contributed by atoms with Crippen molar-refractivity contribution in [1.29, 1.82) is 5.26 Å². The minimum atomic E-state index is -0.684. The van der Waals surface area contributed by atoms with Gasteiger partial charge in [-0.15, -0.1) is 0 Å². The Kier molecular flexibility index (Phi) is 6.47. The molecule has 0 aliphatic heterocycles. The van der Waals surface area contributed by atoms with Crippen molar-refractivity contribution in [3.8, 4) is 5.40 Å². The van der Waals surface area contributed by atoms with Crippen LogP contribution in [0, 0.1) is 10.7 Å². The van der Waals surface area contributed by atoms with Crippen molar-refractivity contribution in [2.24, 2.45) is 0 Å². The average Bonchev–Trinajstić information content (AvgIpc) is 2.41. The second-order valence-electron chi connectivity index (χ2n) is 3.78. The molecule has 0 spiro atoms. The summed E-state index contributed by atoms with van der Waals surface area (Å²) in [6.45, 7) is 2.51. The van der Waals surface area contributed by atoms with Gasteiger partial charge in [0, 0.05) is 17.1 Å². The van der Waals surface area contributed by atoms with Gasteiger partial charge in [0.05, 0.1) is 0 Å². The van der Waals surface area contributed by atoms with Crippen molar-refractivity contribution in [2.75, 3.05) is 11.9 Å². The molecule has 6 heteroatoms. The van der Waals surface area contributed by atoms with E-state index in [4.69, 9.17) is 5.26 Å². The molecule has 0 saturated carbocycles. The number of hydrogen-bond acceptors (Lipinski definition) is 4. The predicted octanol–water partition coefficient (Wildman–Crippen LogP) is 2.11. The van der Waals surface area contributed by atoms with Crippen LogP contribution < -0.4 is 10.6 Å². The molecule has 0 aromatic heterocycles. The maximum Gasteiger partial charge on any atom is 0.313 e. The first-order chi connectivity index (χ1) is 9.17. The molecule has 0 radical (unpaired) electrons. The average molecular weight is 277 g/mol.